The fraction of sp³-hybridized carbons (Fsp3) is 0.450. The second-order valence-electron chi connectivity index (χ2n) is 6.61. The third kappa shape index (κ3) is 5.25. The van der Waals surface area contributed by atoms with Gasteiger partial charge < -0.3 is 19.9 Å². The number of nitrogens with one attached hydrogen (secondary N) is 1. The summed E-state index contributed by atoms with van der Waals surface area (Å²) in [6.45, 7) is 6.35. The molecule has 8 nitrogen and oxygen atoms in total. The number of carbonyl (C=O) groups excluding carboxylic acids is 1. The van der Waals surface area contributed by atoms with E-state index < -0.39 is 0 Å². The summed E-state index contributed by atoms with van der Waals surface area (Å²) in [4.78, 5) is 20.1. The number of rotatable bonds is 5. The molecule has 1 saturated heterocycles. The first kappa shape index (κ1) is 19.7. The topological polar surface area (TPSA) is 75.0 Å². The van der Waals surface area contributed by atoms with E-state index in [1.807, 2.05) is 42.2 Å². The first-order valence-corrected chi connectivity index (χ1v) is 9.62. The molecule has 1 aliphatic heterocycles. The maximum Gasteiger partial charge on any atom is 0.409 e. The van der Waals surface area contributed by atoms with Gasteiger partial charge in [-0.15, -0.1) is 0 Å². The largest absolute Gasteiger partial charge is 0.450 e. The zero-order chi connectivity index (χ0) is 19.8. The molecule has 2 aromatic rings. The predicted octanol–water partition coefficient (Wildman–Crippen LogP) is 1.78. The van der Waals surface area contributed by atoms with E-state index in [1.165, 1.54) is 5.56 Å². The van der Waals surface area contributed by atoms with Crippen molar-refractivity contribution in [2.45, 2.75) is 20.0 Å². The fourth-order valence-corrected chi connectivity index (χ4v) is 3.18. The Labute approximate surface area is 165 Å². The molecule has 0 saturated carbocycles. The molecule has 1 aliphatic rings. The van der Waals surface area contributed by atoms with Crippen LogP contribution in [0.5, 0.6) is 0 Å². The van der Waals surface area contributed by atoms with Gasteiger partial charge in [-0.1, -0.05) is 30.3 Å². The molecule has 1 fully saturated rings. The highest BCUT2D eigenvalue weighted by Gasteiger charge is 2.23. The van der Waals surface area contributed by atoms with Crippen LogP contribution in [0, 0.1) is 0 Å². The lowest BCUT2D eigenvalue weighted by Gasteiger charge is -2.35. The van der Waals surface area contributed by atoms with Crippen LogP contribution in [0.4, 0.5) is 4.79 Å². The lowest BCUT2D eigenvalue weighted by atomic mass is 10.2. The Hall–Kier alpha value is -3.03. The highest BCUT2D eigenvalue weighted by atomic mass is 16.6. The summed E-state index contributed by atoms with van der Waals surface area (Å²) in [5.74, 6) is 0.833. The first-order chi connectivity index (χ1) is 13.7. The third-order valence-corrected chi connectivity index (χ3v) is 4.64. The maximum atomic E-state index is 11.8. The lowest BCUT2D eigenvalue weighted by molar-refractivity contribution is 0.0914. The molecule has 0 aliphatic carbocycles. The van der Waals surface area contributed by atoms with Crippen molar-refractivity contribution >= 4 is 12.1 Å². The van der Waals surface area contributed by atoms with Crippen molar-refractivity contribution in [1.82, 2.24) is 24.9 Å². The number of carbonyl (C=O) groups is 1. The molecule has 0 bridgehead atoms. The van der Waals surface area contributed by atoms with Gasteiger partial charge in [-0.2, -0.15) is 5.10 Å². The van der Waals surface area contributed by atoms with E-state index in [0.29, 0.717) is 26.2 Å². The highest BCUT2D eigenvalue weighted by Crippen LogP contribution is 2.06. The molecule has 28 heavy (non-hydrogen) atoms. The second kappa shape index (κ2) is 9.77. The van der Waals surface area contributed by atoms with Crippen molar-refractivity contribution in [3.63, 3.8) is 0 Å². The molecule has 0 spiro atoms. The molecular formula is C20H28N6O2. The number of benzene rings is 1. The molecule has 0 unspecified atom stereocenters. The Bertz CT molecular complexity index is 781. The van der Waals surface area contributed by atoms with E-state index in [-0.39, 0.29) is 6.09 Å². The molecule has 1 aromatic heterocycles. The standard InChI is InChI=1S/C20H28N6O2/c1-3-28-20(27)25-11-9-24(10-12-25)19(21-2)22-13-18-14-23-26(16-18)15-17-7-5-4-6-8-17/h4-8,14,16H,3,9-13,15H2,1-2H3,(H,21,22). The SMILES string of the molecule is CCOC(=O)N1CCN(C(=NC)NCc2cnn(Cc3ccccc3)c2)CC1. The molecule has 8 heteroatoms. The van der Waals surface area contributed by atoms with Crippen molar-refractivity contribution in [2.75, 3.05) is 39.8 Å². The van der Waals surface area contributed by atoms with Crippen LogP contribution < -0.4 is 5.32 Å². The fourth-order valence-electron chi connectivity index (χ4n) is 3.18. The van der Waals surface area contributed by atoms with Gasteiger partial charge in [0.25, 0.3) is 0 Å². The number of guanidine groups is 1. The average molecular weight is 384 g/mol. The lowest BCUT2D eigenvalue weighted by Crippen LogP contribution is -2.53. The van der Waals surface area contributed by atoms with Gasteiger partial charge in [0.15, 0.2) is 5.96 Å². The van der Waals surface area contributed by atoms with E-state index >= 15 is 0 Å². The number of nitrogens with zero attached hydrogens (tertiary/aromatic N) is 5. The summed E-state index contributed by atoms with van der Waals surface area (Å²) in [7, 11) is 1.78. The van der Waals surface area contributed by atoms with Gasteiger partial charge in [0.2, 0.25) is 0 Å². The van der Waals surface area contributed by atoms with Crippen LogP contribution in [-0.2, 0) is 17.8 Å². The van der Waals surface area contributed by atoms with E-state index in [1.54, 1.807) is 11.9 Å². The number of aromatic nitrogens is 2. The van der Waals surface area contributed by atoms with Gasteiger partial charge in [0.1, 0.15) is 0 Å². The predicted molar refractivity (Wildman–Crippen MR) is 108 cm³/mol. The van der Waals surface area contributed by atoms with E-state index in [0.717, 1.165) is 31.2 Å². The smallest absolute Gasteiger partial charge is 0.409 e. The quantitative estimate of drug-likeness (QED) is 0.628. The summed E-state index contributed by atoms with van der Waals surface area (Å²) in [5, 5.41) is 7.83. The third-order valence-electron chi connectivity index (χ3n) is 4.64. The van der Waals surface area contributed by atoms with Gasteiger partial charge in [-0.25, -0.2) is 4.79 Å². The first-order valence-electron chi connectivity index (χ1n) is 9.62. The molecule has 0 atom stereocenters. The van der Waals surface area contributed by atoms with Crippen molar-refractivity contribution < 1.29 is 9.53 Å². The Morgan fingerprint density at radius 3 is 2.54 bits per heavy atom. The van der Waals surface area contributed by atoms with E-state index in [4.69, 9.17) is 4.74 Å². The minimum absolute atomic E-state index is 0.240. The molecular weight excluding hydrogens is 356 g/mol. The van der Waals surface area contributed by atoms with E-state index in [2.05, 4.69) is 32.4 Å². The average Bonchev–Trinajstić information content (AvgIpc) is 3.17. The molecule has 150 valence electrons. The van der Waals surface area contributed by atoms with Crippen LogP contribution >= 0.6 is 0 Å². The summed E-state index contributed by atoms with van der Waals surface area (Å²) in [5.41, 5.74) is 2.32. The van der Waals surface area contributed by atoms with Crippen molar-refractivity contribution in [3.05, 3.63) is 53.9 Å². The zero-order valence-corrected chi connectivity index (χ0v) is 16.5. The van der Waals surface area contributed by atoms with Crippen LogP contribution in [0.2, 0.25) is 0 Å². The Morgan fingerprint density at radius 2 is 1.86 bits per heavy atom. The molecule has 1 amide bonds. The minimum Gasteiger partial charge on any atom is -0.450 e. The molecule has 2 heterocycles. The monoisotopic (exact) mass is 384 g/mol. The summed E-state index contributed by atoms with van der Waals surface area (Å²) in [6, 6.07) is 10.3. The summed E-state index contributed by atoms with van der Waals surface area (Å²) in [6.07, 6.45) is 3.68. The Kier molecular flexibility index (Phi) is 6.89. The van der Waals surface area contributed by atoms with Gasteiger partial charge >= 0.3 is 6.09 Å². The normalized spacial score (nSPS) is 14.9. The zero-order valence-electron chi connectivity index (χ0n) is 16.5. The second-order valence-corrected chi connectivity index (χ2v) is 6.61. The number of ether oxygens (including phenoxy) is 1. The highest BCUT2D eigenvalue weighted by molar-refractivity contribution is 5.80. The number of hydrogen-bond acceptors (Lipinski definition) is 4. The van der Waals surface area contributed by atoms with Gasteiger partial charge in [0, 0.05) is 51.5 Å². The minimum atomic E-state index is -0.240. The van der Waals surface area contributed by atoms with Crippen LogP contribution in [0.25, 0.3) is 0 Å². The Morgan fingerprint density at radius 1 is 1.14 bits per heavy atom. The van der Waals surface area contributed by atoms with Crippen LogP contribution in [0.1, 0.15) is 18.1 Å². The molecule has 1 N–H and O–H groups in total. The number of amides is 1. The van der Waals surface area contributed by atoms with Gasteiger partial charge in [-0.3, -0.25) is 9.67 Å². The maximum absolute atomic E-state index is 11.8. The summed E-state index contributed by atoms with van der Waals surface area (Å²) < 4.78 is 7.00. The van der Waals surface area contributed by atoms with Crippen molar-refractivity contribution in [2.24, 2.45) is 4.99 Å². The van der Waals surface area contributed by atoms with Gasteiger partial charge in [0.05, 0.1) is 19.3 Å². The number of aliphatic imine (C=N–C) groups is 1. The van der Waals surface area contributed by atoms with Crippen LogP contribution in [0.3, 0.4) is 0 Å². The number of piperazine rings is 1. The summed E-state index contributed by atoms with van der Waals surface area (Å²) >= 11 is 0. The Balaban J connectivity index is 1.48. The van der Waals surface area contributed by atoms with Crippen LogP contribution in [0.15, 0.2) is 47.7 Å². The van der Waals surface area contributed by atoms with Crippen LogP contribution in [-0.4, -0.2) is 71.5 Å². The number of hydrogen-bond donors (Lipinski definition) is 1. The van der Waals surface area contributed by atoms with E-state index in [9.17, 15) is 4.79 Å². The van der Waals surface area contributed by atoms with Crippen molar-refractivity contribution in [3.8, 4) is 0 Å². The molecule has 0 radical (unpaired) electrons. The van der Waals surface area contributed by atoms with Crippen molar-refractivity contribution in [1.29, 1.82) is 0 Å². The molecule has 3 rings (SSSR count). The molecule has 1 aromatic carbocycles. The van der Waals surface area contributed by atoms with Gasteiger partial charge in [-0.05, 0) is 12.5 Å².